The lowest BCUT2D eigenvalue weighted by Crippen LogP contribution is -2.38. The van der Waals surface area contributed by atoms with Gasteiger partial charge in [-0.2, -0.15) is 0 Å². The molecular weight excluding hydrogens is 406 g/mol. The minimum atomic E-state index is -2.36. The van der Waals surface area contributed by atoms with Crippen molar-refractivity contribution in [1.82, 2.24) is 15.2 Å². The number of nitrogens with zero attached hydrogens (tertiary/aromatic N) is 3. The molecule has 0 fully saturated rings. The van der Waals surface area contributed by atoms with Crippen molar-refractivity contribution < 1.29 is 8.78 Å². The maximum atomic E-state index is 12.6. The Morgan fingerprint density at radius 3 is 2.77 bits per heavy atom. The monoisotopic (exact) mass is 436 g/mol. The van der Waals surface area contributed by atoms with Crippen molar-refractivity contribution in [2.24, 2.45) is 4.99 Å². The summed E-state index contributed by atoms with van der Waals surface area (Å²) in [6.45, 7) is 10.6. The largest absolute Gasteiger partial charge is 0.377 e. The molecule has 0 bridgehead atoms. The Balaban J connectivity index is 2.41. The van der Waals surface area contributed by atoms with Gasteiger partial charge in [0.2, 0.25) is 6.43 Å². The molecule has 0 amide bonds. The number of aliphatic imine (C=N–C) groups is 1. The van der Waals surface area contributed by atoms with E-state index in [0.717, 1.165) is 35.5 Å². The maximum absolute atomic E-state index is 12.6. The summed E-state index contributed by atoms with van der Waals surface area (Å²) < 4.78 is 25.1. The molecule has 30 heavy (non-hydrogen) atoms. The van der Waals surface area contributed by atoms with Crippen LogP contribution < -0.4 is 5.32 Å². The van der Waals surface area contributed by atoms with Crippen LogP contribution in [0.15, 0.2) is 53.5 Å². The van der Waals surface area contributed by atoms with Gasteiger partial charge in [0.05, 0.1) is 16.8 Å². The molecule has 0 saturated heterocycles. The molecule has 0 aromatic carbocycles. The molecule has 1 aliphatic rings. The average Bonchev–Trinajstić information content (AvgIpc) is 2.75. The smallest absolute Gasteiger partial charge is 0.239 e. The van der Waals surface area contributed by atoms with Gasteiger partial charge in [-0.25, -0.2) is 13.8 Å². The number of nitrogens with one attached hydrogen (secondary N) is 1. The van der Waals surface area contributed by atoms with Crippen molar-refractivity contribution in [3.63, 3.8) is 0 Å². The molecule has 1 aromatic heterocycles. The van der Waals surface area contributed by atoms with E-state index >= 15 is 0 Å². The SMILES string of the molecule is C=C1/C=C\N=C(\NC)CC(C)N(C(C)c2cnc(CCC(F)F)c(Cl)c2)/C1=C\CC. The minimum Gasteiger partial charge on any atom is -0.377 e. The fourth-order valence-corrected chi connectivity index (χ4v) is 3.89. The summed E-state index contributed by atoms with van der Waals surface area (Å²) in [4.78, 5) is 11.2. The Morgan fingerprint density at radius 2 is 2.17 bits per heavy atom. The van der Waals surface area contributed by atoms with E-state index in [1.54, 1.807) is 12.4 Å². The number of pyridine rings is 1. The zero-order valence-electron chi connectivity index (χ0n) is 18.1. The van der Waals surface area contributed by atoms with Crippen LogP contribution in [0.1, 0.15) is 57.3 Å². The molecule has 7 heteroatoms. The van der Waals surface area contributed by atoms with E-state index in [1.165, 1.54) is 0 Å². The Bertz CT molecular complexity index is 832. The predicted molar refractivity (Wildman–Crippen MR) is 121 cm³/mol. The third-order valence-electron chi connectivity index (χ3n) is 5.20. The van der Waals surface area contributed by atoms with Gasteiger partial charge in [0.1, 0.15) is 5.84 Å². The van der Waals surface area contributed by atoms with E-state index in [0.29, 0.717) is 10.7 Å². The van der Waals surface area contributed by atoms with Crippen molar-refractivity contribution in [1.29, 1.82) is 0 Å². The van der Waals surface area contributed by atoms with Crippen LogP contribution >= 0.6 is 11.6 Å². The van der Waals surface area contributed by atoms with Crippen LogP contribution in [0.5, 0.6) is 0 Å². The van der Waals surface area contributed by atoms with Gasteiger partial charge in [-0.15, -0.1) is 0 Å². The molecule has 0 radical (unpaired) electrons. The van der Waals surface area contributed by atoms with Crippen molar-refractivity contribution in [3.05, 3.63) is 64.7 Å². The van der Waals surface area contributed by atoms with Gasteiger partial charge in [0.15, 0.2) is 0 Å². The standard InChI is InChI=1S/C23H31ClF2N4/c1-6-7-21-15(2)10-11-28-23(27-5)12-16(3)30(21)17(4)18-13-19(24)20(29-14-18)8-9-22(25)26/h7,10-11,13-14,16-17,22H,2,6,8-9,12H2,1,3-5H3,(H,27,28)/b11-10-,21-7-. The Labute approximate surface area is 183 Å². The summed E-state index contributed by atoms with van der Waals surface area (Å²) in [5, 5.41) is 3.58. The number of aromatic nitrogens is 1. The quantitative estimate of drug-likeness (QED) is 0.588. The Hall–Kier alpha value is -2.21. The number of halogens is 3. The molecule has 4 nitrogen and oxygen atoms in total. The number of aryl methyl sites for hydroxylation is 1. The molecule has 2 unspecified atom stereocenters. The van der Waals surface area contributed by atoms with Crippen molar-refractivity contribution in [2.75, 3.05) is 7.05 Å². The lowest BCUT2D eigenvalue weighted by molar-refractivity contribution is 0.137. The Morgan fingerprint density at radius 1 is 1.43 bits per heavy atom. The van der Waals surface area contributed by atoms with E-state index < -0.39 is 6.43 Å². The molecule has 0 spiro atoms. The number of hydrogen-bond donors (Lipinski definition) is 1. The van der Waals surface area contributed by atoms with Gasteiger partial charge in [-0.3, -0.25) is 4.98 Å². The summed E-state index contributed by atoms with van der Waals surface area (Å²) in [6, 6.07) is 1.92. The first-order chi connectivity index (χ1) is 14.3. The predicted octanol–water partition coefficient (Wildman–Crippen LogP) is 6.07. The average molecular weight is 437 g/mol. The fraction of sp³-hybridized carbons (Fsp3) is 0.478. The van der Waals surface area contributed by atoms with Crippen LogP contribution in [-0.2, 0) is 6.42 Å². The number of allylic oxidation sites excluding steroid dienone is 2. The second-order valence-corrected chi connectivity index (χ2v) is 7.83. The maximum Gasteiger partial charge on any atom is 0.239 e. The van der Waals surface area contributed by atoms with Gasteiger partial charge in [-0.1, -0.05) is 31.2 Å². The van der Waals surface area contributed by atoms with Crippen LogP contribution in [0.4, 0.5) is 8.78 Å². The third-order valence-corrected chi connectivity index (χ3v) is 5.53. The van der Waals surface area contributed by atoms with Crippen molar-refractivity contribution in [3.8, 4) is 0 Å². The van der Waals surface area contributed by atoms with E-state index in [-0.39, 0.29) is 24.9 Å². The number of hydrogen-bond acceptors (Lipinski definition) is 4. The summed E-state index contributed by atoms with van der Waals surface area (Å²) >= 11 is 6.39. The molecule has 164 valence electrons. The molecule has 0 saturated carbocycles. The topological polar surface area (TPSA) is 40.5 Å². The highest BCUT2D eigenvalue weighted by Gasteiger charge is 2.27. The molecular formula is C23H31ClF2N4. The van der Waals surface area contributed by atoms with Crippen LogP contribution in [0.2, 0.25) is 5.02 Å². The Kier molecular flexibility index (Phi) is 9.03. The third kappa shape index (κ3) is 6.14. The summed E-state index contributed by atoms with van der Waals surface area (Å²) in [5.74, 6) is 0.889. The van der Waals surface area contributed by atoms with E-state index in [2.05, 4.69) is 53.6 Å². The molecule has 1 aliphatic heterocycles. The van der Waals surface area contributed by atoms with Crippen LogP contribution in [-0.4, -0.2) is 35.2 Å². The molecule has 1 aromatic rings. The molecule has 1 N–H and O–H groups in total. The normalized spacial score (nSPS) is 22.9. The van der Waals surface area contributed by atoms with Crippen molar-refractivity contribution >= 4 is 17.4 Å². The molecule has 2 atom stereocenters. The zero-order valence-corrected chi connectivity index (χ0v) is 18.9. The van der Waals surface area contributed by atoms with Crippen LogP contribution in [0, 0.1) is 0 Å². The van der Waals surface area contributed by atoms with E-state index in [4.69, 9.17) is 11.6 Å². The highest BCUT2D eigenvalue weighted by atomic mass is 35.5. The fourth-order valence-electron chi connectivity index (χ4n) is 3.62. The lowest BCUT2D eigenvalue weighted by Gasteiger charge is -2.39. The first-order valence-electron chi connectivity index (χ1n) is 10.3. The van der Waals surface area contributed by atoms with Gasteiger partial charge in [0, 0.05) is 44.0 Å². The molecule has 2 heterocycles. The van der Waals surface area contributed by atoms with E-state index in [9.17, 15) is 8.78 Å². The zero-order chi connectivity index (χ0) is 22.3. The highest BCUT2D eigenvalue weighted by Crippen LogP contribution is 2.33. The molecule has 0 aliphatic carbocycles. The van der Waals surface area contributed by atoms with E-state index in [1.807, 2.05) is 19.2 Å². The summed E-state index contributed by atoms with van der Waals surface area (Å²) in [7, 11) is 1.87. The van der Waals surface area contributed by atoms with Gasteiger partial charge >= 0.3 is 0 Å². The van der Waals surface area contributed by atoms with Crippen molar-refractivity contribution in [2.45, 2.75) is 65.0 Å². The van der Waals surface area contributed by atoms with Crippen LogP contribution in [0.3, 0.4) is 0 Å². The highest BCUT2D eigenvalue weighted by molar-refractivity contribution is 6.31. The first-order valence-corrected chi connectivity index (χ1v) is 10.7. The second-order valence-electron chi connectivity index (χ2n) is 7.43. The first kappa shape index (κ1) is 24.1. The van der Waals surface area contributed by atoms with Gasteiger partial charge in [-0.05, 0) is 50.0 Å². The van der Waals surface area contributed by atoms with Gasteiger partial charge in [0.25, 0.3) is 0 Å². The van der Waals surface area contributed by atoms with Gasteiger partial charge < -0.3 is 10.2 Å². The summed E-state index contributed by atoms with van der Waals surface area (Å²) in [5.41, 5.74) is 3.35. The van der Waals surface area contributed by atoms with Crippen LogP contribution in [0.25, 0.3) is 0 Å². The molecule has 2 rings (SSSR count). The summed E-state index contributed by atoms with van der Waals surface area (Å²) in [6.07, 6.45) is 6.74. The number of alkyl halides is 2. The second kappa shape index (κ2) is 11.3. The number of rotatable bonds is 6. The lowest BCUT2D eigenvalue weighted by atomic mass is 10.0. The number of amidine groups is 1. The minimum absolute atomic E-state index is 0.0479.